The molecule has 0 radical (unpaired) electrons. The van der Waals surface area contributed by atoms with Crippen molar-refractivity contribution in [3.05, 3.63) is 84.7 Å². The topological polar surface area (TPSA) is 143 Å². The maximum Gasteiger partial charge on any atom is 0.350 e. The first-order valence-corrected chi connectivity index (χ1v) is 7.04. The molecule has 0 aliphatic rings. The highest BCUT2D eigenvalue weighted by molar-refractivity contribution is 5.96. The highest BCUT2D eigenvalue weighted by Gasteiger charge is 2.25. The minimum absolute atomic E-state index is 0.00972. The Morgan fingerprint density at radius 1 is 0.962 bits per heavy atom. The molecule has 0 spiro atoms. The van der Waals surface area contributed by atoms with Crippen molar-refractivity contribution < 1.29 is 23.8 Å². The van der Waals surface area contributed by atoms with Crippen LogP contribution < -0.4 is 10.4 Å². The molecule has 2 aromatic carbocycles. The third kappa shape index (κ3) is 3.24. The van der Waals surface area contributed by atoms with Crippen molar-refractivity contribution in [2.45, 2.75) is 0 Å². The van der Waals surface area contributed by atoms with Crippen LogP contribution in [-0.4, -0.2) is 15.8 Å². The maximum atomic E-state index is 12.2. The third-order valence-electron chi connectivity index (χ3n) is 3.41. The summed E-state index contributed by atoms with van der Waals surface area (Å²) >= 11 is 0. The van der Waals surface area contributed by atoms with E-state index in [2.05, 4.69) is 0 Å². The van der Waals surface area contributed by atoms with Crippen LogP contribution in [0.4, 0.5) is 11.4 Å². The number of nitro benzene ring substituents is 2. The Hall–Kier alpha value is -4.08. The molecule has 0 atom stereocenters. The van der Waals surface area contributed by atoms with E-state index in [1.165, 1.54) is 30.3 Å². The van der Waals surface area contributed by atoms with E-state index in [0.29, 0.717) is 11.5 Å². The number of nitro groups is 2. The fraction of sp³-hybridized carbons (Fsp3) is 0. The largest absolute Gasteiger partial charge is 0.423 e. The Bertz CT molecular complexity index is 1120. The number of hydrogen-bond donors (Lipinski definition) is 0. The van der Waals surface area contributed by atoms with E-state index in [4.69, 9.17) is 9.15 Å². The summed E-state index contributed by atoms with van der Waals surface area (Å²) < 4.78 is 10.0. The molecule has 0 unspecified atom stereocenters. The Morgan fingerprint density at radius 2 is 1.69 bits per heavy atom. The van der Waals surface area contributed by atoms with Crippen LogP contribution in [0.15, 0.2) is 57.7 Å². The Labute approximate surface area is 143 Å². The lowest BCUT2D eigenvalue weighted by Gasteiger charge is -2.06. The number of fused-ring (bicyclic) bond motifs is 1. The number of non-ortho nitro benzene ring substituents is 1. The average Bonchev–Trinajstić information content (AvgIpc) is 2.60. The number of benzene rings is 2. The maximum absolute atomic E-state index is 12.2. The van der Waals surface area contributed by atoms with Gasteiger partial charge in [0.05, 0.1) is 15.9 Å². The molecule has 0 aliphatic carbocycles. The summed E-state index contributed by atoms with van der Waals surface area (Å²) in [5.41, 5.74) is -2.15. The van der Waals surface area contributed by atoms with Crippen molar-refractivity contribution in [2.75, 3.05) is 0 Å². The predicted octanol–water partition coefficient (Wildman–Crippen LogP) is 2.83. The molecule has 0 saturated carbocycles. The van der Waals surface area contributed by atoms with Gasteiger partial charge in [0.1, 0.15) is 16.9 Å². The zero-order chi connectivity index (χ0) is 18.8. The number of carbonyl (C=O) groups is 1. The van der Waals surface area contributed by atoms with Gasteiger partial charge in [0.25, 0.3) is 11.4 Å². The molecule has 0 fully saturated rings. The molecule has 26 heavy (non-hydrogen) atoms. The van der Waals surface area contributed by atoms with E-state index in [0.717, 1.165) is 12.1 Å². The molecule has 0 aliphatic heterocycles. The van der Waals surface area contributed by atoms with Crippen molar-refractivity contribution in [1.82, 2.24) is 0 Å². The molecule has 1 aromatic heterocycles. The zero-order valence-electron chi connectivity index (χ0n) is 12.8. The summed E-state index contributed by atoms with van der Waals surface area (Å²) in [5, 5.41) is 22.4. The number of carbonyl (C=O) groups excluding carboxylic acids is 1. The van der Waals surface area contributed by atoms with Gasteiger partial charge in [-0.3, -0.25) is 20.2 Å². The van der Waals surface area contributed by atoms with Crippen LogP contribution in [0.5, 0.6) is 5.75 Å². The van der Waals surface area contributed by atoms with Gasteiger partial charge in [-0.1, -0.05) is 0 Å². The molecule has 0 N–H and O–H groups in total. The average molecular weight is 356 g/mol. The van der Waals surface area contributed by atoms with E-state index < -0.39 is 38.4 Å². The minimum atomic E-state index is -1.08. The summed E-state index contributed by atoms with van der Waals surface area (Å²) in [7, 11) is 0. The van der Waals surface area contributed by atoms with Gasteiger partial charge in [-0.2, -0.15) is 0 Å². The van der Waals surface area contributed by atoms with E-state index in [1.54, 1.807) is 0 Å². The monoisotopic (exact) mass is 356 g/mol. The van der Waals surface area contributed by atoms with Crippen LogP contribution >= 0.6 is 0 Å². The molecule has 3 rings (SSSR count). The quantitative estimate of drug-likeness (QED) is 0.228. The van der Waals surface area contributed by atoms with Crippen LogP contribution in [0.2, 0.25) is 0 Å². The van der Waals surface area contributed by atoms with E-state index in [1.807, 2.05) is 0 Å². The minimum Gasteiger partial charge on any atom is -0.423 e. The van der Waals surface area contributed by atoms with E-state index in [9.17, 15) is 29.8 Å². The third-order valence-corrected chi connectivity index (χ3v) is 3.41. The standard InChI is InChI=1S/C16H8N2O8/c19-15-6-2-9-1-4-11(8-14(9)26-15)25-16(20)12-5-3-10(17(21)22)7-13(12)18(23)24/h1-8H. The van der Waals surface area contributed by atoms with E-state index >= 15 is 0 Å². The van der Waals surface area contributed by atoms with Crippen LogP contribution in [-0.2, 0) is 0 Å². The Kier molecular flexibility index (Phi) is 4.15. The summed E-state index contributed by atoms with van der Waals surface area (Å²) in [5.74, 6) is -1.09. The number of rotatable bonds is 4. The number of hydrogen-bond acceptors (Lipinski definition) is 8. The zero-order valence-corrected chi connectivity index (χ0v) is 12.8. The number of nitrogens with zero attached hydrogens (tertiary/aromatic N) is 2. The molecule has 3 aromatic rings. The van der Waals surface area contributed by atoms with Crippen molar-refractivity contribution in [3.8, 4) is 5.75 Å². The van der Waals surface area contributed by atoms with Gasteiger partial charge in [-0.05, 0) is 24.3 Å². The van der Waals surface area contributed by atoms with Crippen LogP contribution in [0.1, 0.15) is 10.4 Å². The molecule has 1 heterocycles. The number of esters is 1. The lowest BCUT2D eigenvalue weighted by atomic mass is 10.1. The van der Waals surface area contributed by atoms with Crippen LogP contribution in [0.25, 0.3) is 11.0 Å². The van der Waals surface area contributed by atoms with Gasteiger partial charge >= 0.3 is 11.6 Å². The first-order valence-electron chi connectivity index (χ1n) is 7.04. The highest BCUT2D eigenvalue weighted by Crippen LogP contribution is 2.27. The second-order valence-corrected chi connectivity index (χ2v) is 5.06. The summed E-state index contributed by atoms with van der Waals surface area (Å²) in [6.45, 7) is 0. The SMILES string of the molecule is O=C(Oc1ccc2ccc(=O)oc2c1)c1ccc([N+](=O)[O-])cc1[N+](=O)[O-]. The predicted molar refractivity (Wildman–Crippen MR) is 87.2 cm³/mol. The molecule has 0 saturated heterocycles. The molecule has 0 amide bonds. The van der Waals surface area contributed by atoms with Gasteiger partial charge in [-0.15, -0.1) is 0 Å². The second-order valence-electron chi connectivity index (χ2n) is 5.06. The van der Waals surface area contributed by atoms with Gasteiger partial charge in [0.15, 0.2) is 0 Å². The highest BCUT2D eigenvalue weighted by atomic mass is 16.6. The van der Waals surface area contributed by atoms with Crippen LogP contribution in [0, 0.1) is 20.2 Å². The van der Waals surface area contributed by atoms with Crippen molar-refractivity contribution in [1.29, 1.82) is 0 Å². The van der Waals surface area contributed by atoms with Crippen LogP contribution in [0.3, 0.4) is 0 Å². The smallest absolute Gasteiger partial charge is 0.350 e. The second kappa shape index (κ2) is 6.43. The van der Waals surface area contributed by atoms with Crippen molar-refractivity contribution in [3.63, 3.8) is 0 Å². The van der Waals surface area contributed by atoms with Gasteiger partial charge in [0.2, 0.25) is 0 Å². The summed E-state index contributed by atoms with van der Waals surface area (Å²) in [6, 6.07) is 9.56. The summed E-state index contributed by atoms with van der Waals surface area (Å²) in [4.78, 5) is 43.6. The normalized spacial score (nSPS) is 10.5. The molecule has 0 bridgehead atoms. The van der Waals surface area contributed by atoms with E-state index in [-0.39, 0.29) is 11.3 Å². The Morgan fingerprint density at radius 3 is 2.38 bits per heavy atom. The summed E-state index contributed by atoms with van der Waals surface area (Å²) in [6.07, 6.45) is 0. The molecular weight excluding hydrogens is 348 g/mol. The van der Waals surface area contributed by atoms with Gasteiger partial charge in [0, 0.05) is 23.6 Å². The first kappa shape index (κ1) is 16.8. The number of ether oxygens (including phenoxy) is 1. The van der Waals surface area contributed by atoms with Gasteiger partial charge in [-0.25, -0.2) is 9.59 Å². The molecular formula is C16H8N2O8. The fourth-order valence-corrected chi connectivity index (χ4v) is 2.22. The lowest BCUT2D eigenvalue weighted by molar-refractivity contribution is -0.394. The van der Waals surface area contributed by atoms with Crippen molar-refractivity contribution in [2.24, 2.45) is 0 Å². The fourth-order valence-electron chi connectivity index (χ4n) is 2.22. The first-order chi connectivity index (χ1) is 12.3. The van der Waals surface area contributed by atoms with Gasteiger partial charge < -0.3 is 9.15 Å². The lowest BCUT2D eigenvalue weighted by Crippen LogP contribution is -2.11. The molecule has 10 heteroatoms. The molecule has 130 valence electrons. The van der Waals surface area contributed by atoms with Crippen molar-refractivity contribution >= 4 is 28.3 Å². The Balaban J connectivity index is 1.96. The molecule has 10 nitrogen and oxygen atoms in total.